The van der Waals surface area contributed by atoms with Crippen molar-refractivity contribution < 1.29 is 19.1 Å². The van der Waals surface area contributed by atoms with Gasteiger partial charge in [0.1, 0.15) is 5.75 Å². The summed E-state index contributed by atoms with van der Waals surface area (Å²) < 4.78 is 10.3. The number of ether oxygens (including phenoxy) is 2. The van der Waals surface area contributed by atoms with Gasteiger partial charge in [-0.05, 0) is 31.9 Å². The smallest absolute Gasteiger partial charge is 0.310 e. The largest absolute Gasteiger partial charge is 0.496 e. The van der Waals surface area contributed by atoms with Crippen LogP contribution in [0.1, 0.15) is 30.1 Å². The van der Waals surface area contributed by atoms with Crippen LogP contribution in [0.5, 0.6) is 5.75 Å². The predicted molar refractivity (Wildman–Crippen MR) is 78.3 cm³/mol. The molecule has 0 unspecified atom stereocenters. The first-order valence-electron chi connectivity index (χ1n) is 7.26. The Hall–Kier alpha value is -2.04. The van der Waals surface area contributed by atoms with Gasteiger partial charge < -0.3 is 14.4 Å². The van der Waals surface area contributed by atoms with Gasteiger partial charge in [-0.25, -0.2) is 0 Å². The maximum atomic E-state index is 12.6. The van der Waals surface area contributed by atoms with E-state index in [0.717, 1.165) is 12.8 Å². The zero-order valence-corrected chi connectivity index (χ0v) is 12.5. The van der Waals surface area contributed by atoms with Crippen molar-refractivity contribution in [3.8, 4) is 5.75 Å². The fourth-order valence-electron chi connectivity index (χ4n) is 2.61. The summed E-state index contributed by atoms with van der Waals surface area (Å²) in [5.41, 5.74) is 0.532. The normalized spacial score (nSPS) is 18.2. The average Bonchev–Trinajstić information content (AvgIpc) is 2.54. The van der Waals surface area contributed by atoms with E-state index >= 15 is 0 Å². The fourth-order valence-corrected chi connectivity index (χ4v) is 2.61. The number of amides is 1. The third-order valence-corrected chi connectivity index (χ3v) is 3.67. The second-order valence-corrected chi connectivity index (χ2v) is 5.04. The molecule has 1 heterocycles. The summed E-state index contributed by atoms with van der Waals surface area (Å²) in [5, 5.41) is 0. The number of methoxy groups -OCH3 is 1. The predicted octanol–water partition coefficient (Wildman–Crippen LogP) is 2.11. The lowest BCUT2D eigenvalue weighted by Crippen LogP contribution is -2.42. The molecule has 0 saturated carbocycles. The topological polar surface area (TPSA) is 55.8 Å². The van der Waals surface area contributed by atoms with Crippen LogP contribution in [-0.4, -0.2) is 43.6 Å². The van der Waals surface area contributed by atoms with Crippen molar-refractivity contribution in [3.05, 3.63) is 29.8 Å². The average molecular weight is 291 g/mol. The van der Waals surface area contributed by atoms with Gasteiger partial charge in [0.15, 0.2) is 0 Å². The molecule has 1 atom stereocenters. The fraction of sp³-hybridized carbons (Fsp3) is 0.500. The van der Waals surface area contributed by atoms with Gasteiger partial charge in [-0.3, -0.25) is 9.59 Å². The Morgan fingerprint density at radius 1 is 1.33 bits per heavy atom. The number of likely N-dealkylation sites (tertiary alicyclic amines) is 1. The number of esters is 1. The molecule has 5 nitrogen and oxygen atoms in total. The first kappa shape index (κ1) is 15.4. The minimum absolute atomic E-state index is 0.0959. The van der Waals surface area contributed by atoms with Crippen LogP contribution in [0, 0.1) is 5.92 Å². The highest BCUT2D eigenvalue weighted by Gasteiger charge is 2.30. The molecule has 1 aliphatic heterocycles. The molecule has 1 saturated heterocycles. The van der Waals surface area contributed by atoms with E-state index in [1.807, 2.05) is 12.1 Å². The summed E-state index contributed by atoms with van der Waals surface area (Å²) in [6.07, 6.45) is 1.58. The van der Waals surface area contributed by atoms with E-state index in [1.165, 1.54) is 0 Å². The van der Waals surface area contributed by atoms with Crippen LogP contribution in [0.15, 0.2) is 24.3 Å². The Kier molecular flexibility index (Phi) is 5.20. The molecule has 1 aromatic rings. The molecule has 1 aliphatic rings. The van der Waals surface area contributed by atoms with Crippen LogP contribution in [0.2, 0.25) is 0 Å². The highest BCUT2D eigenvalue weighted by atomic mass is 16.5. The van der Waals surface area contributed by atoms with Gasteiger partial charge in [-0.1, -0.05) is 12.1 Å². The van der Waals surface area contributed by atoms with Crippen LogP contribution in [0.4, 0.5) is 0 Å². The van der Waals surface area contributed by atoms with E-state index in [-0.39, 0.29) is 17.8 Å². The Bertz CT molecular complexity index is 515. The summed E-state index contributed by atoms with van der Waals surface area (Å²) in [5.74, 6) is 0.0228. The van der Waals surface area contributed by atoms with Gasteiger partial charge in [-0.2, -0.15) is 0 Å². The third kappa shape index (κ3) is 3.54. The van der Waals surface area contributed by atoms with E-state index in [4.69, 9.17) is 9.47 Å². The number of nitrogens with zero attached hydrogens (tertiary/aromatic N) is 1. The molecule has 2 rings (SSSR count). The zero-order chi connectivity index (χ0) is 15.2. The SMILES string of the molecule is CCOC(=O)[C@H]1CCCN(C(=O)c2ccccc2OC)C1. The molecular weight excluding hydrogens is 270 g/mol. The quantitative estimate of drug-likeness (QED) is 0.797. The van der Waals surface area contributed by atoms with Crippen LogP contribution >= 0.6 is 0 Å². The van der Waals surface area contributed by atoms with Crippen molar-refractivity contribution in [2.75, 3.05) is 26.8 Å². The second kappa shape index (κ2) is 7.11. The van der Waals surface area contributed by atoms with Crippen molar-refractivity contribution in [1.29, 1.82) is 0 Å². The molecule has 0 radical (unpaired) electrons. The number of carbonyl (C=O) groups excluding carboxylic acids is 2. The number of piperidine rings is 1. The van der Waals surface area contributed by atoms with Crippen molar-refractivity contribution >= 4 is 11.9 Å². The number of hydrogen-bond acceptors (Lipinski definition) is 4. The van der Waals surface area contributed by atoms with Crippen LogP contribution in [0.25, 0.3) is 0 Å². The summed E-state index contributed by atoms with van der Waals surface area (Å²) in [7, 11) is 1.55. The van der Waals surface area contributed by atoms with Crippen molar-refractivity contribution in [2.45, 2.75) is 19.8 Å². The summed E-state index contributed by atoms with van der Waals surface area (Å²) in [6.45, 7) is 3.23. The molecule has 0 spiro atoms. The van der Waals surface area contributed by atoms with Gasteiger partial charge in [0, 0.05) is 13.1 Å². The molecule has 0 aliphatic carbocycles. The number of benzene rings is 1. The minimum Gasteiger partial charge on any atom is -0.496 e. The molecular formula is C16H21NO4. The highest BCUT2D eigenvalue weighted by molar-refractivity contribution is 5.97. The molecule has 5 heteroatoms. The maximum Gasteiger partial charge on any atom is 0.310 e. The van der Waals surface area contributed by atoms with Gasteiger partial charge in [-0.15, -0.1) is 0 Å². The number of hydrogen-bond donors (Lipinski definition) is 0. The molecule has 0 aromatic heterocycles. The first-order valence-corrected chi connectivity index (χ1v) is 7.26. The number of rotatable bonds is 4. The monoisotopic (exact) mass is 291 g/mol. The van der Waals surface area contributed by atoms with Gasteiger partial charge >= 0.3 is 5.97 Å². The van der Waals surface area contributed by atoms with Crippen molar-refractivity contribution in [2.24, 2.45) is 5.92 Å². The maximum absolute atomic E-state index is 12.6. The van der Waals surface area contributed by atoms with Gasteiger partial charge in [0.05, 0.1) is 25.2 Å². The number of para-hydroxylation sites is 1. The first-order chi connectivity index (χ1) is 10.2. The summed E-state index contributed by atoms with van der Waals surface area (Å²) in [4.78, 5) is 26.2. The standard InChI is InChI=1S/C16H21NO4/c1-3-21-16(19)12-7-6-10-17(11-12)15(18)13-8-4-5-9-14(13)20-2/h4-5,8-9,12H,3,6-7,10-11H2,1-2H3/t12-/m0/s1. The van der Waals surface area contributed by atoms with Crippen LogP contribution in [-0.2, 0) is 9.53 Å². The van der Waals surface area contributed by atoms with E-state index in [0.29, 0.717) is 31.0 Å². The van der Waals surface area contributed by atoms with E-state index in [2.05, 4.69) is 0 Å². The van der Waals surface area contributed by atoms with Gasteiger partial charge in [0.2, 0.25) is 0 Å². The summed E-state index contributed by atoms with van der Waals surface area (Å²) >= 11 is 0. The van der Waals surface area contributed by atoms with Crippen molar-refractivity contribution in [3.63, 3.8) is 0 Å². The lowest BCUT2D eigenvalue weighted by molar-refractivity contribution is -0.149. The lowest BCUT2D eigenvalue weighted by atomic mass is 9.97. The second-order valence-electron chi connectivity index (χ2n) is 5.04. The molecule has 1 amide bonds. The highest BCUT2D eigenvalue weighted by Crippen LogP contribution is 2.24. The van der Waals surface area contributed by atoms with Crippen LogP contribution in [0.3, 0.4) is 0 Å². The van der Waals surface area contributed by atoms with E-state index in [9.17, 15) is 9.59 Å². The van der Waals surface area contributed by atoms with E-state index in [1.54, 1.807) is 31.1 Å². The molecule has 1 aromatic carbocycles. The third-order valence-electron chi connectivity index (χ3n) is 3.67. The van der Waals surface area contributed by atoms with Crippen LogP contribution < -0.4 is 4.74 Å². The van der Waals surface area contributed by atoms with Crippen molar-refractivity contribution in [1.82, 2.24) is 4.90 Å². The Morgan fingerprint density at radius 2 is 2.10 bits per heavy atom. The molecule has 0 bridgehead atoms. The van der Waals surface area contributed by atoms with E-state index < -0.39 is 0 Å². The number of carbonyl (C=O) groups is 2. The molecule has 114 valence electrons. The Morgan fingerprint density at radius 3 is 2.81 bits per heavy atom. The van der Waals surface area contributed by atoms with Gasteiger partial charge in [0.25, 0.3) is 5.91 Å². The lowest BCUT2D eigenvalue weighted by Gasteiger charge is -2.31. The molecule has 1 fully saturated rings. The summed E-state index contributed by atoms with van der Waals surface area (Å²) in [6, 6.07) is 7.14. The molecule has 21 heavy (non-hydrogen) atoms. The molecule has 0 N–H and O–H groups in total. The Labute approximate surface area is 124 Å². The minimum atomic E-state index is -0.225. The zero-order valence-electron chi connectivity index (χ0n) is 12.5. The Balaban J connectivity index is 2.10.